The van der Waals surface area contributed by atoms with E-state index in [1.807, 2.05) is 0 Å². The lowest BCUT2D eigenvalue weighted by Crippen LogP contribution is -2.22. The van der Waals surface area contributed by atoms with E-state index >= 15 is 0 Å². The second-order valence-corrected chi connectivity index (χ2v) is 5.77. The molecule has 2 unspecified atom stereocenters. The number of carboxylic acid groups (broad SMARTS) is 1. The molecule has 108 valence electrons. The molecule has 1 N–H and O–H groups in total. The number of hydrogen-bond donors (Lipinski definition) is 1. The highest BCUT2D eigenvalue weighted by molar-refractivity contribution is 6.42. The maximum atomic E-state index is 12.3. The van der Waals surface area contributed by atoms with E-state index in [1.165, 1.54) is 19.2 Å². The summed E-state index contributed by atoms with van der Waals surface area (Å²) in [5.41, 5.74) is -0.607. The molecule has 6 heteroatoms. The largest absolute Gasteiger partial charge is 0.481 e. The molecule has 0 heterocycles. The fourth-order valence-electron chi connectivity index (χ4n) is 2.40. The third-order valence-corrected chi connectivity index (χ3v) is 4.51. The SMILES string of the molecule is COCCC1(C(=O)O)CC1C(=O)c1ccc(Cl)c(Cl)c1. The zero-order chi connectivity index (χ0) is 14.9. The summed E-state index contributed by atoms with van der Waals surface area (Å²) < 4.78 is 4.92. The topological polar surface area (TPSA) is 63.6 Å². The second-order valence-electron chi connectivity index (χ2n) is 4.95. The number of hydrogen-bond acceptors (Lipinski definition) is 3. The fraction of sp³-hybridized carbons (Fsp3) is 0.429. The van der Waals surface area contributed by atoms with Crippen molar-refractivity contribution in [1.82, 2.24) is 0 Å². The second kappa shape index (κ2) is 5.72. The minimum absolute atomic E-state index is 0.206. The van der Waals surface area contributed by atoms with Crippen LogP contribution in [0.25, 0.3) is 0 Å². The molecule has 0 amide bonds. The highest BCUT2D eigenvalue weighted by Gasteiger charge is 2.63. The van der Waals surface area contributed by atoms with Crippen LogP contribution in [0, 0.1) is 11.3 Å². The van der Waals surface area contributed by atoms with E-state index in [-0.39, 0.29) is 10.8 Å². The number of Topliss-reactive ketones (excluding diaryl/α,β-unsaturated/α-hetero) is 1. The minimum Gasteiger partial charge on any atom is -0.481 e. The Morgan fingerprint density at radius 1 is 1.40 bits per heavy atom. The molecule has 0 aromatic heterocycles. The van der Waals surface area contributed by atoms with Crippen molar-refractivity contribution in [3.05, 3.63) is 33.8 Å². The number of ether oxygens (including phenoxy) is 1. The van der Waals surface area contributed by atoms with E-state index in [1.54, 1.807) is 6.07 Å². The summed E-state index contributed by atoms with van der Waals surface area (Å²) in [6.07, 6.45) is 0.668. The maximum Gasteiger partial charge on any atom is 0.310 e. The Balaban J connectivity index is 2.18. The molecule has 4 nitrogen and oxygen atoms in total. The Hall–Kier alpha value is -1.10. The van der Waals surface area contributed by atoms with Crippen LogP contribution in [0.4, 0.5) is 0 Å². The summed E-state index contributed by atoms with van der Waals surface area (Å²) in [5, 5.41) is 9.99. The first-order chi connectivity index (χ1) is 9.42. The van der Waals surface area contributed by atoms with Crippen molar-refractivity contribution in [2.45, 2.75) is 12.8 Å². The van der Waals surface area contributed by atoms with Crippen molar-refractivity contribution in [3.8, 4) is 0 Å². The standard InChI is InChI=1S/C14H14Cl2O4/c1-20-5-4-14(13(18)19)7-9(14)12(17)8-2-3-10(15)11(16)6-8/h2-3,6,9H,4-5,7H2,1H3,(H,18,19). The average Bonchev–Trinajstić information content (AvgIpc) is 3.15. The van der Waals surface area contributed by atoms with Crippen LogP contribution in [0.15, 0.2) is 18.2 Å². The summed E-state index contributed by atoms with van der Waals surface area (Å²) in [4.78, 5) is 23.7. The molecule has 0 bridgehead atoms. The predicted octanol–water partition coefficient (Wildman–Crippen LogP) is 3.30. The monoisotopic (exact) mass is 316 g/mol. The normalized spacial score (nSPS) is 24.4. The van der Waals surface area contributed by atoms with Gasteiger partial charge < -0.3 is 9.84 Å². The van der Waals surface area contributed by atoms with Crippen LogP contribution in [-0.4, -0.2) is 30.6 Å². The fourth-order valence-corrected chi connectivity index (χ4v) is 2.70. The van der Waals surface area contributed by atoms with E-state index in [0.29, 0.717) is 30.0 Å². The van der Waals surface area contributed by atoms with Crippen molar-refractivity contribution in [3.63, 3.8) is 0 Å². The van der Waals surface area contributed by atoms with Gasteiger partial charge in [-0.05, 0) is 31.0 Å². The number of benzene rings is 1. The molecule has 1 aliphatic carbocycles. The van der Waals surface area contributed by atoms with Gasteiger partial charge in [0.2, 0.25) is 0 Å². The Labute approximate surface area is 126 Å². The molecule has 0 radical (unpaired) electrons. The number of carboxylic acids is 1. The molecule has 2 atom stereocenters. The van der Waals surface area contributed by atoms with E-state index in [0.717, 1.165) is 0 Å². The van der Waals surface area contributed by atoms with Gasteiger partial charge in [-0.1, -0.05) is 23.2 Å². The highest BCUT2D eigenvalue weighted by atomic mass is 35.5. The zero-order valence-electron chi connectivity index (χ0n) is 10.9. The molecule has 1 saturated carbocycles. The van der Waals surface area contributed by atoms with Gasteiger partial charge in [-0.3, -0.25) is 9.59 Å². The van der Waals surface area contributed by atoms with Crippen LogP contribution in [0.3, 0.4) is 0 Å². The molecule has 0 saturated heterocycles. The van der Waals surface area contributed by atoms with Crippen molar-refractivity contribution in [2.24, 2.45) is 11.3 Å². The molecule has 1 fully saturated rings. The molecule has 1 aromatic carbocycles. The number of aliphatic carboxylic acids is 1. The predicted molar refractivity (Wildman–Crippen MR) is 75.5 cm³/mol. The number of carbonyl (C=O) groups is 2. The van der Waals surface area contributed by atoms with Crippen molar-refractivity contribution in [2.75, 3.05) is 13.7 Å². The number of carbonyl (C=O) groups excluding carboxylic acids is 1. The van der Waals surface area contributed by atoms with E-state index in [4.69, 9.17) is 27.9 Å². The summed E-state index contributed by atoms with van der Waals surface area (Å²) in [6, 6.07) is 4.59. The summed E-state index contributed by atoms with van der Waals surface area (Å²) in [7, 11) is 1.51. The first-order valence-corrected chi connectivity index (χ1v) is 6.89. The highest BCUT2D eigenvalue weighted by Crippen LogP contribution is 2.57. The van der Waals surface area contributed by atoms with E-state index in [9.17, 15) is 14.7 Å². The Bertz CT molecular complexity index is 558. The van der Waals surface area contributed by atoms with Crippen molar-refractivity contribution in [1.29, 1.82) is 0 Å². The van der Waals surface area contributed by atoms with E-state index < -0.39 is 17.3 Å². The van der Waals surface area contributed by atoms with Gasteiger partial charge >= 0.3 is 5.97 Å². The van der Waals surface area contributed by atoms with Gasteiger partial charge in [-0.15, -0.1) is 0 Å². The minimum atomic E-state index is -1.00. The molecule has 1 aromatic rings. The molecular formula is C14H14Cl2O4. The average molecular weight is 317 g/mol. The molecule has 0 aliphatic heterocycles. The number of rotatable bonds is 6. The van der Waals surface area contributed by atoms with Crippen LogP contribution < -0.4 is 0 Å². The van der Waals surface area contributed by atoms with Crippen molar-refractivity contribution >= 4 is 35.0 Å². The van der Waals surface area contributed by atoms with Gasteiger partial charge in [0.05, 0.1) is 15.5 Å². The first kappa shape index (κ1) is 15.3. The van der Waals surface area contributed by atoms with Crippen molar-refractivity contribution < 1.29 is 19.4 Å². The van der Waals surface area contributed by atoms with Crippen LogP contribution in [-0.2, 0) is 9.53 Å². The van der Waals surface area contributed by atoms with Gasteiger partial charge in [-0.2, -0.15) is 0 Å². The lowest BCUT2D eigenvalue weighted by molar-refractivity contribution is -0.144. The summed E-state index contributed by atoms with van der Waals surface area (Å²) in [6.45, 7) is 0.317. The van der Waals surface area contributed by atoms with E-state index in [2.05, 4.69) is 0 Å². The van der Waals surface area contributed by atoms with Crippen LogP contribution in [0.1, 0.15) is 23.2 Å². The Morgan fingerprint density at radius 3 is 2.65 bits per heavy atom. The number of halogens is 2. The maximum absolute atomic E-state index is 12.3. The number of ketones is 1. The molecule has 20 heavy (non-hydrogen) atoms. The Morgan fingerprint density at radius 2 is 2.10 bits per heavy atom. The lowest BCUT2D eigenvalue weighted by atomic mass is 9.95. The third-order valence-electron chi connectivity index (χ3n) is 3.77. The van der Waals surface area contributed by atoms with Crippen LogP contribution in [0.5, 0.6) is 0 Å². The molecule has 2 rings (SSSR count). The van der Waals surface area contributed by atoms with Gasteiger partial charge in [-0.25, -0.2) is 0 Å². The quantitative estimate of drug-likeness (QED) is 0.818. The summed E-state index contributed by atoms with van der Waals surface area (Å²) >= 11 is 11.7. The molecule has 0 spiro atoms. The Kier molecular flexibility index (Phi) is 4.37. The smallest absolute Gasteiger partial charge is 0.310 e. The molecular weight excluding hydrogens is 303 g/mol. The van der Waals surface area contributed by atoms with Gasteiger partial charge in [0.15, 0.2) is 5.78 Å². The number of methoxy groups -OCH3 is 1. The van der Waals surface area contributed by atoms with Gasteiger partial charge in [0, 0.05) is 25.2 Å². The zero-order valence-corrected chi connectivity index (χ0v) is 12.4. The first-order valence-electron chi connectivity index (χ1n) is 6.14. The van der Waals surface area contributed by atoms with Crippen LogP contribution >= 0.6 is 23.2 Å². The summed E-state index contributed by atoms with van der Waals surface area (Å²) in [5.74, 6) is -1.68. The third kappa shape index (κ3) is 2.68. The van der Waals surface area contributed by atoms with Crippen LogP contribution in [0.2, 0.25) is 10.0 Å². The lowest BCUT2D eigenvalue weighted by Gasteiger charge is -2.11. The van der Waals surface area contributed by atoms with Gasteiger partial charge in [0.1, 0.15) is 0 Å². The van der Waals surface area contributed by atoms with Gasteiger partial charge in [0.25, 0.3) is 0 Å². The molecule has 1 aliphatic rings.